The number of carbonyl (C=O) groups excluding carboxylic acids is 2. The molecule has 0 spiro atoms. The number of hydrogen-bond acceptors (Lipinski definition) is 4. The third kappa shape index (κ3) is 4.00. The minimum atomic E-state index is -0.513. The van der Waals surface area contributed by atoms with E-state index in [0.29, 0.717) is 13.2 Å². The molecule has 2 N–H and O–H groups in total. The van der Waals surface area contributed by atoms with Crippen molar-refractivity contribution in [3.63, 3.8) is 0 Å². The van der Waals surface area contributed by atoms with Gasteiger partial charge in [0.1, 0.15) is 5.75 Å². The molecule has 0 saturated carbocycles. The summed E-state index contributed by atoms with van der Waals surface area (Å²) < 4.78 is 5.54. The summed E-state index contributed by atoms with van der Waals surface area (Å²) in [6, 6.07) is 9.54. The lowest BCUT2D eigenvalue weighted by molar-refractivity contribution is -0.126. The number of carbonyl (C=O) groups is 2. The average molecular weight is 304 g/mol. The summed E-state index contributed by atoms with van der Waals surface area (Å²) in [7, 11) is 1.54. The van der Waals surface area contributed by atoms with Gasteiger partial charge in [-0.3, -0.25) is 9.59 Å². The molecule has 0 aromatic heterocycles. The van der Waals surface area contributed by atoms with Gasteiger partial charge in [0, 0.05) is 13.6 Å². The lowest BCUT2D eigenvalue weighted by Crippen LogP contribution is -2.29. The van der Waals surface area contributed by atoms with E-state index in [1.807, 2.05) is 30.3 Å². The molecule has 0 saturated heterocycles. The number of likely N-dealkylation sites (N-methyl/N-ethyl adjacent to an activating group) is 1. The first-order chi connectivity index (χ1) is 10.6. The monoisotopic (exact) mass is 304 g/mol. The van der Waals surface area contributed by atoms with Crippen molar-refractivity contribution >= 4 is 11.8 Å². The molecule has 1 aliphatic heterocycles. The Bertz CT molecular complexity index is 569. The maximum Gasteiger partial charge on any atom is 0.289 e. The van der Waals surface area contributed by atoms with E-state index in [1.165, 1.54) is 4.90 Å². The number of nitrogens with zero attached hydrogens (tertiary/aromatic N) is 1. The smallest absolute Gasteiger partial charge is 0.289 e. The van der Waals surface area contributed by atoms with Crippen molar-refractivity contribution in [2.24, 2.45) is 0 Å². The minimum absolute atomic E-state index is 0.132. The van der Waals surface area contributed by atoms with Gasteiger partial charge >= 0.3 is 0 Å². The summed E-state index contributed by atoms with van der Waals surface area (Å²) in [6.07, 6.45) is 1.56. The van der Waals surface area contributed by atoms with E-state index in [-0.39, 0.29) is 18.0 Å². The van der Waals surface area contributed by atoms with Crippen LogP contribution < -0.4 is 10.1 Å². The average Bonchev–Trinajstić information content (AvgIpc) is 2.79. The number of aliphatic hydroxyl groups is 1. The highest BCUT2D eigenvalue weighted by Crippen LogP contribution is 2.15. The Balaban J connectivity index is 1.63. The van der Waals surface area contributed by atoms with Crippen molar-refractivity contribution in [1.82, 2.24) is 10.2 Å². The van der Waals surface area contributed by atoms with Crippen molar-refractivity contribution in [2.45, 2.75) is 12.8 Å². The van der Waals surface area contributed by atoms with Gasteiger partial charge < -0.3 is 20.1 Å². The second-order valence-electron chi connectivity index (χ2n) is 5.11. The van der Waals surface area contributed by atoms with Crippen LogP contribution in [-0.4, -0.2) is 48.6 Å². The first-order valence-electron chi connectivity index (χ1n) is 7.23. The van der Waals surface area contributed by atoms with Gasteiger partial charge in [-0.2, -0.15) is 0 Å². The molecule has 1 aliphatic rings. The highest BCUT2D eigenvalue weighted by Gasteiger charge is 2.31. The van der Waals surface area contributed by atoms with Crippen LogP contribution in [0.2, 0.25) is 0 Å². The molecule has 0 atom stereocenters. The van der Waals surface area contributed by atoms with Crippen LogP contribution in [0.25, 0.3) is 0 Å². The van der Waals surface area contributed by atoms with Crippen LogP contribution >= 0.6 is 0 Å². The van der Waals surface area contributed by atoms with E-state index in [4.69, 9.17) is 4.74 Å². The third-order valence-electron chi connectivity index (χ3n) is 3.37. The van der Waals surface area contributed by atoms with E-state index in [0.717, 1.165) is 18.6 Å². The summed E-state index contributed by atoms with van der Waals surface area (Å²) in [4.78, 5) is 24.6. The van der Waals surface area contributed by atoms with Crippen molar-refractivity contribution < 1.29 is 19.4 Å². The highest BCUT2D eigenvalue weighted by atomic mass is 16.5. The van der Waals surface area contributed by atoms with Crippen LogP contribution in [-0.2, 0) is 9.59 Å². The fraction of sp³-hybridized carbons (Fsp3) is 0.375. The lowest BCUT2D eigenvalue weighted by Gasteiger charge is -2.08. The van der Waals surface area contributed by atoms with Gasteiger partial charge in [-0.25, -0.2) is 0 Å². The largest absolute Gasteiger partial charge is 0.503 e. The van der Waals surface area contributed by atoms with Crippen LogP contribution in [0.5, 0.6) is 5.75 Å². The number of unbranched alkanes of at least 4 members (excludes halogenated alkanes) is 1. The molecule has 2 amide bonds. The molecule has 0 unspecified atom stereocenters. The molecule has 6 heteroatoms. The lowest BCUT2D eigenvalue weighted by atomic mass is 10.2. The number of nitrogens with one attached hydrogen (secondary N) is 1. The second-order valence-corrected chi connectivity index (χ2v) is 5.11. The number of aliphatic hydroxyl groups excluding tert-OH is 1. The normalized spacial score (nSPS) is 14.4. The standard InChI is InChI=1S/C16H20N2O4/c1-18-11-13(14(19)16(18)21)15(20)17-9-5-6-10-22-12-7-3-2-4-8-12/h2-4,7-8,19H,5-6,9-11H2,1H3,(H,17,20). The van der Waals surface area contributed by atoms with E-state index in [2.05, 4.69) is 5.32 Å². The van der Waals surface area contributed by atoms with Gasteiger partial charge in [-0.05, 0) is 25.0 Å². The Labute approximate surface area is 129 Å². The fourth-order valence-corrected chi connectivity index (χ4v) is 2.12. The molecule has 0 radical (unpaired) electrons. The molecule has 0 aliphatic carbocycles. The maximum atomic E-state index is 11.9. The Kier molecular flexibility index (Phi) is 5.41. The van der Waals surface area contributed by atoms with Crippen LogP contribution in [0.3, 0.4) is 0 Å². The number of ether oxygens (including phenoxy) is 1. The van der Waals surface area contributed by atoms with Crippen molar-refractivity contribution in [3.05, 3.63) is 41.7 Å². The first-order valence-corrected chi connectivity index (χ1v) is 7.23. The van der Waals surface area contributed by atoms with Crippen molar-refractivity contribution in [2.75, 3.05) is 26.7 Å². The Hall–Kier alpha value is -2.50. The van der Waals surface area contributed by atoms with Gasteiger partial charge in [0.15, 0.2) is 5.76 Å². The number of para-hydroxylation sites is 1. The molecular weight excluding hydrogens is 284 g/mol. The summed E-state index contributed by atoms with van der Waals surface area (Å²) in [6.45, 7) is 1.20. The molecule has 1 aromatic rings. The van der Waals surface area contributed by atoms with E-state index < -0.39 is 11.7 Å². The highest BCUT2D eigenvalue weighted by molar-refractivity contribution is 6.06. The SMILES string of the molecule is CN1CC(C(=O)NCCCCOc2ccccc2)=C(O)C1=O. The summed E-state index contributed by atoms with van der Waals surface area (Å²) in [5.74, 6) is -0.526. The van der Waals surface area contributed by atoms with Crippen LogP contribution in [0.15, 0.2) is 41.7 Å². The first kappa shape index (κ1) is 15.9. The quantitative estimate of drug-likeness (QED) is 0.743. The summed E-state index contributed by atoms with van der Waals surface area (Å²) in [5.41, 5.74) is 0.132. The molecule has 6 nitrogen and oxygen atoms in total. The van der Waals surface area contributed by atoms with Crippen molar-refractivity contribution in [1.29, 1.82) is 0 Å². The fourth-order valence-electron chi connectivity index (χ4n) is 2.12. The Morgan fingerprint density at radius 1 is 1.32 bits per heavy atom. The zero-order valence-electron chi connectivity index (χ0n) is 12.5. The predicted molar refractivity (Wildman–Crippen MR) is 81.5 cm³/mol. The molecule has 0 bridgehead atoms. The van der Waals surface area contributed by atoms with Gasteiger partial charge in [0.25, 0.3) is 11.8 Å². The van der Waals surface area contributed by atoms with E-state index in [9.17, 15) is 14.7 Å². The van der Waals surface area contributed by atoms with Crippen molar-refractivity contribution in [3.8, 4) is 5.75 Å². The molecular formula is C16H20N2O4. The molecule has 118 valence electrons. The Morgan fingerprint density at radius 2 is 2.05 bits per heavy atom. The summed E-state index contributed by atoms with van der Waals surface area (Å²) >= 11 is 0. The predicted octanol–water partition coefficient (Wildman–Crippen LogP) is 1.25. The van der Waals surface area contributed by atoms with Crippen LogP contribution in [0, 0.1) is 0 Å². The molecule has 2 rings (SSSR count). The van der Waals surface area contributed by atoms with Gasteiger partial charge in [-0.15, -0.1) is 0 Å². The minimum Gasteiger partial charge on any atom is -0.503 e. The van der Waals surface area contributed by atoms with Crippen LogP contribution in [0.1, 0.15) is 12.8 Å². The van der Waals surface area contributed by atoms with E-state index >= 15 is 0 Å². The third-order valence-corrected chi connectivity index (χ3v) is 3.37. The molecule has 1 aromatic carbocycles. The summed E-state index contributed by atoms with van der Waals surface area (Å²) in [5, 5.41) is 12.3. The zero-order chi connectivity index (χ0) is 15.9. The number of rotatable bonds is 7. The Morgan fingerprint density at radius 3 is 2.68 bits per heavy atom. The van der Waals surface area contributed by atoms with E-state index in [1.54, 1.807) is 7.05 Å². The number of benzene rings is 1. The maximum absolute atomic E-state index is 11.9. The van der Waals surface area contributed by atoms with Gasteiger partial charge in [0.05, 0.1) is 18.7 Å². The molecule has 0 fully saturated rings. The van der Waals surface area contributed by atoms with Crippen LogP contribution in [0.4, 0.5) is 0 Å². The zero-order valence-corrected chi connectivity index (χ0v) is 12.5. The second kappa shape index (κ2) is 7.49. The number of hydrogen-bond donors (Lipinski definition) is 2. The molecule has 22 heavy (non-hydrogen) atoms. The topological polar surface area (TPSA) is 78.9 Å². The molecule has 1 heterocycles. The van der Waals surface area contributed by atoms with Gasteiger partial charge in [-0.1, -0.05) is 18.2 Å². The van der Waals surface area contributed by atoms with Gasteiger partial charge in [0.2, 0.25) is 0 Å². The number of amides is 2.